The number of ether oxygens (including phenoxy) is 1. The minimum atomic E-state index is -0.549. The number of hydrogen-bond donors (Lipinski definition) is 0. The highest BCUT2D eigenvalue weighted by molar-refractivity contribution is 14.1. The van der Waals surface area contributed by atoms with Crippen molar-refractivity contribution < 1.29 is 13.9 Å². The molecule has 4 aromatic rings. The Labute approximate surface area is 246 Å². The van der Waals surface area contributed by atoms with Gasteiger partial charge in [0, 0.05) is 41.5 Å². The summed E-state index contributed by atoms with van der Waals surface area (Å²) in [5.74, 6) is 0.393. The topological polar surface area (TPSA) is 45.7 Å². The minimum absolute atomic E-state index is 0.0616. The summed E-state index contributed by atoms with van der Waals surface area (Å²) in [5.41, 5.74) is 1.94. The van der Waals surface area contributed by atoms with Gasteiger partial charge in [-0.25, -0.2) is 14.2 Å². The van der Waals surface area contributed by atoms with Gasteiger partial charge >= 0.3 is 6.09 Å². The van der Waals surface area contributed by atoms with E-state index in [0.29, 0.717) is 33.4 Å². The SMILES string of the molecule is Cc1cc(-c2ccc3c(N4C5CCC4CN(C(=O)OC(C)(C)C)C5)nc(Cl)c(I)c3c2F)c2ccccc2c1. The molecule has 2 aliphatic rings. The molecule has 2 fully saturated rings. The number of pyridine rings is 1. The van der Waals surface area contributed by atoms with E-state index in [2.05, 4.69) is 39.6 Å². The van der Waals surface area contributed by atoms with Crippen molar-refractivity contribution in [2.45, 2.75) is 58.2 Å². The van der Waals surface area contributed by atoms with Gasteiger partial charge in [0.15, 0.2) is 0 Å². The highest BCUT2D eigenvalue weighted by Crippen LogP contribution is 2.43. The molecule has 0 saturated carbocycles. The first-order valence-electron chi connectivity index (χ1n) is 13.2. The number of amides is 1. The lowest BCUT2D eigenvalue weighted by atomic mass is 9.94. The van der Waals surface area contributed by atoms with E-state index in [1.165, 1.54) is 0 Å². The molecule has 0 aliphatic carbocycles. The second-order valence-electron chi connectivity index (χ2n) is 11.6. The number of hydrogen-bond acceptors (Lipinski definition) is 4. The second-order valence-corrected chi connectivity index (χ2v) is 13.0. The standard InChI is InChI=1S/C31H30ClFIN3O2/c1-17-13-18-7-5-6-8-21(18)24(14-17)22-11-12-23-25(26(22)33)27(34)28(32)35-29(23)37-19-9-10-20(37)16-36(15-19)30(38)39-31(2,3)4/h5-8,11-14,19-20H,9-10,15-16H2,1-4H3. The smallest absolute Gasteiger partial charge is 0.410 e. The van der Waals surface area contributed by atoms with Gasteiger partial charge in [0.05, 0.1) is 3.57 Å². The van der Waals surface area contributed by atoms with Gasteiger partial charge < -0.3 is 14.5 Å². The van der Waals surface area contributed by atoms with E-state index < -0.39 is 5.60 Å². The van der Waals surface area contributed by atoms with Gasteiger partial charge in [-0.2, -0.15) is 0 Å². The summed E-state index contributed by atoms with van der Waals surface area (Å²) in [6.07, 6.45) is 1.55. The van der Waals surface area contributed by atoms with E-state index in [1.807, 2.05) is 64.1 Å². The van der Waals surface area contributed by atoms with Crippen LogP contribution in [-0.2, 0) is 4.74 Å². The fourth-order valence-corrected chi connectivity index (χ4v) is 6.92. The van der Waals surface area contributed by atoms with Crippen LogP contribution in [0, 0.1) is 16.3 Å². The van der Waals surface area contributed by atoms with Crippen molar-refractivity contribution in [2.24, 2.45) is 0 Å². The number of carbonyl (C=O) groups is 1. The molecule has 202 valence electrons. The molecule has 2 unspecified atom stereocenters. The summed E-state index contributed by atoms with van der Waals surface area (Å²) in [7, 11) is 0. The summed E-state index contributed by atoms with van der Waals surface area (Å²) >= 11 is 8.78. The Kier molecular flexibility index (Phi) is 6.65. The zero-order chi connectivity index (χ0) is 27.6. The van der Waals surface area contributed by atoms with Gasteiger partial charge in [-0.05, 0) is 91.1 Å². The molecule has 1 amide bonds. The summed E-state index contributed by atoms with van der Waals surface area (Å²) in [6.45, 7) is 8.73. The van der Waals surface area contributed by atoms with Crippen LogP contribution in [0.4, 0.5) is 15.0 Å². The molecule has 0 N–H and O–H groups in total. The van der Waals surface area contributed by atoms with Crippen molar-refractivity contribution in [3.05, 3.63) is 68.6 Å². The van der Waals surface area contributed by atoms with Gasteiger partial charge in [-0.15, -0.1) is 0 Å². The highest BCUT2D eigenvalue weighted by Gasteiger charge is 2.44. The molecule has 3 heterocycles. The third-order valence-electron chi connectivity index (χ3n) is 7.66. The molecule has 2 saturated heterocycles. The van der Waals surface area contributed by atoms with Crippen molar-refractivity contribution in [2.75, 3.05) is 18.0 Å². The third-order valence-corrected chi connectivity index (χ3v) is 9.30. The Morgan fingerprint density at radius 2 is 1.74 bits per heavy atom. The maximum atomic E-state index is 16.6. The Hall–Kier alpha value is -2.65. The second kappa shape index (κ2) is 9.77. The zero-order valence-electron chi connectivity index (χ0n) is 22.4. The molecule has 1 aromatic heterocycles. The van der Waals surface area contributed by atoms with Crippen molar-refractivity contribution >= 4 is 67.6 Å². The first kappa shape index (κ1) is 26.6. The number of benzene rings is 3. The van der Waals surface area contributed by atoms with E-state index in [9.17, 15) is 4.79 Å². The predicted molar refractivity (Wildman–Crippen MR) is 164 cm³/mol. The lowest BCUT2D eigenvalue weighted by Crippen LogP contribution is -2.56. The first-order valence-corrected chi connectivity index (χ1v) is 14.7. The number of fused-ring (bicyclic) bond motifs is 4. The molecular weight excluding hydrogens is 628 g/mol. The molecule has 5 nitrogen and oxygen atoms in total. The van der Waals surface area contributed by atoms with E-state index >= 15 is 4.39 Å². The molecule has 2 atom stereocenters. The van der Waals surface area contributed by atoms with Crippen LogP contribution in [0.15, 0.2) is 48.5 Å². The van der Waals surface area contributed by atoms with E-state index in [4.69, 9.17) is 21.3 Å². The van der Waals surface area contributed by atoms with E-state index in [0.717, 1.165) is 40.1 Å². The molecule has 6 rings (SSSR count). The van der Waals surface area contributed by atoms with Crippen LogP contribution in [0.1, 0.15) is 39.2 Å². The van der Waals surface area contributed by atoms with Crippen molar-refractivity contribution in [1.29, 1.82) is 0 Å². The molecule has 0 radical (unpaired) electrons. The number of likely N-dealkylation sites (tertiary alicyclic amines) is 1. The summed E-state index contributed by atoms with van der Waals surface area (Å²) in [6, 6.07) is 16.2. The fourth-order valence-electron chi connectivity index (χ4n) is 6.09. The lowest BCUT2D eigenvalue weighted by Gasteiger charge is -2.42. The monoisotopic (exact) mass is 657 g/mol. The van der Waals surface area contributed by atoms with Crippen molar-refractivity contribution in [3.8, 4) is 11.1 Å². The number of aromatic nitrogens is 1. The van der Waals surface area contributed by atoms with Gasteiger partial charge in [0.25, 0.3) is 0 Å². The van der Waals surface area contributed by atoms with Crippen molar-refractivity contribution in [3.63, 3.8) is 0 Å². The quantitative estimate of drug-likeness (QED) is 0.161. The highest BCUT2D eigenvalue weighted by atomic mass is 127. The number of piperazine rings is 1. The normalized spacial score (nSPS) is 19.3. The number of rotatable bonds is 2. The van der Waals surface area contributed by atoms with Gasteiger partial charge in [-0.1, -0.05) is 54.1 Å². The van der Waals surface area contributed by atoms with Crippen LogP contribution >= 0.6 is 34.2 Å². The Balaban J connectivity index is 1.44. The Morgan fingerprint density at radius 3 is 2.44 bits per heavy atom. The van der Waals surface area contributed by atoms with E-state index in [1.54, 1.807) is 4.90 Å². The molecule has 8 heteroatoms. The number of anilines is 1. The molecule has 3 aromatic carbocycles. The number of nitrogens with zero attached hydrogens (tertiary/aromatic N) is 3. The zero-order valence-corrected chi connectivity index (χ0v) is 25.3. The first-order chi connectivity index (χ1) is 18.5. The fraction of sp³-hybridized carbons (Fsp3) is 0.355. The maximum absolute atomic E-state index is 16.6. The molecule has 2 aliphatic heterocycles. The summed E-state index contributed by atoms with van der Waals surface area (Å²) in [4.78, 5) is 21.7. The summed E-state index contributed by atoms with van der Waals surface area (Å²) in [5, 5.41) is 3.60. The van der Waals surface area contributed by atoms with Crippen LogP contribution in [0.5, 0.6) is 0 Å². The molecular formula is C31H30ClFIN3O2. The van der Waals surface area contributed by atoms with Crippen LogP contribution in [0.2, 0.25) is 5.15 Å². The van der Waals surface area contributed by atoms with Crippen molar-refractivity contribution in [1.82, 2.24) is 9.88 Å². The van der Waals surface area contributed by atoms with Crippen LogP contribution in [0.25, 0.3) is 32.7 Å². The largest absolute Gasteiger partial charge is 0.444 e. The molecule has 39 heavy (non-hydrogen) atoms. The molecule has 0 spiro atoms. The molecule has 2 bridgehead atoms. The average molecular weight is 658 g/mol. The summed E-state index contributed by atoms with van der Waals surface area (Å²) < 4.78 is 22.8. The predicted octanol–water partition coefficient (Wildman–Crippen LogP) is 8.35. The Bertz CT molecular complexity index is 1620. The number of aryl methyl sites for hydroxylation is 1. The Morgan fingerprint density at radius 1 is 1.05 bits per heavy atom. The average Bonchev–Trinajstić information content (AvgIpc) is 3.12. The van der Waals surface area contributed by atoms with Gasteiger partial charge in [-0.3, -0.25) is 0 Å². The van der Waals surface area contributed by atoms with Crippen LogP contribution < -0.4 is 4.90 Å². The van der Waals surface area contributed by atoms with Gasteiger partial charge in [0.1, 0.15) is 22.4 Å². The minimum Gasteiger partial charge on any atom is -0.444 e. The lowest BCUT2D eigenvalue weighted by molar-refractivity contribution is 0.0209. The van der Waals surface area contributed by atoms with Crippen LogP contribution in [-0.4, -0.2) is 46.8 Å². The number of halogens is 3. The van der Waals surface area contributed by atoms with Gasteiger partial charge in [0.2, 0.25) is 0 Å². The number of carbonyl (C=O) groups excluding carboxylic acids is 1. The maximum Gasteiger partial charge on any atom is 0.410 e. The van der Waals surface area contributed by atoms with E-state index in [-0.39, 0.29) is 29.1 Å². The van der Waals surface area contributed by atoms with Crippen LogP contribution in [0.3, 0.4) is 0 Å². The third kappa shape index (κ3) is 4.71.